The Kier molecular flexibility index (Phi) is 5.03. The molecule has 4 heteroatoms. The van der Waals surface area contributed by atoms with Crippen molar-refractivity contribution >= 4 is 5.69 Å². The van der Waals surface area contributed by atoms with Gasteiger partial charge in [0.15, 0.2) is 0 Å². The van der Waals surface area contributed by atoms with E-state index < -0.39 is 0 Å². The predicted molar refractivity (Wildman–Crippen MR) is 67.6 cm³/mol. The summed E-state index contributed by atoms with van der Waals surface area (Å²) in [6.07, 6.45) is 1.74. The Hall–Kier alpha value is -1.69. The van der Waals surface area contributed by atoms with Crippen LogP contribution in [0.3, 0.4) is 0 Å². The largest absolute Gasteiger partial charge is 0.415 e. The Morgan fingerprint density at radius 3 is 2.61 bits per heavy atom. The van der Waals surface area contributed by atoms with E-state index in [9.17, 15) is 0 Å². The summed E-state index contributed by atoms with van der Waals surface area (Å²) < 4.78 is 0. The number of pyridine rings is 1. The summed E-state index contributed by atoms with van der Waals surface area (Å²) in [6.45, 7) is 0. The van der Waals surface area contributed by atoms with Gasteiger partial charge in [-0.3, -0.25) is 0 Å². The van der Waals surface area contributed by atoms with E-state index in [0.29, 0.717) is 5.56 Å². The fourth-order valence-corrected chi connectivity index (χ4v) is 1.75. The number of anilines is 1. The summed E-state index contributed by atoms with van der Waals surface area (Å²) in [5, 5.41) is 9.13. The minimum Gasteiger partial charge on any atom is -0.415 e. The average Bonchev–Trinajstić information content (AvgIpc) is 2.38. The van der Waals surface area contributed by atoms with E-state index in [0.717, 1.165) is 16.9 Å². The monoisotopic (exact) mass is 415 g/mol. The molecule has 1 radical (unpaired) electrons. The maximum Gasteiger partial charge on any atom is 0.0809 e. The Bertz CT molecular complexity index is 559. The van der Waals surface area contributed by atoms with Crippen LogP contribution in [0.1, 0.15) is 5.56 Å². The van der Waals surface area contributed by atoms with Crippen LogP contribution in [-0.4, -0.2) is 19.1 Å². The summed E-state index contributed by atoms with van der Waals surface area (Å²) in [5.41, 5.74) is 3.17. The molecule has 1 heterocycles. The zero-order valence-corrected chi connectivity index (χ0v) is 12.5. The van der Waals surface area contributed by atoms with Gasteiger partial charge in [0, 0.05) is 26.3 Å². The van der Waals surface area contributed by atoms with Gasteiger partial charge in [0.2, 0.25) is 0 Å². The quantitative estimate of drug-likeness (QED) is 0.709. The Labute approximate surface area is 120 Å². The van der Waals surface area contributed by atoms with Crippen LogP contribution in [0.2, 0.25) is 0 Å². The molecule has 0 aliphatic carbocycles. The van der Waals surface area contributed by atoms with Crippen molar-refractivity contribution in [2.24, 2.45) is 0 Å². The molecule has 0 unspecified atom stereocenters. The SMILES string of the molecule is CN(C)c1c(-c2ccccn2)[c-]ccc1C#N.[Ir]. The molecule has 1 aromatic carbocycles. The number of nitrogens with zero attached hydrogens (tertiary/aromatic N) is 3. The third-order valence-corrected chi connectivity index (χ3v) is 2.46. The maximum absolute atomic E-state index is 9.13. The van der Waals surface area contributed by atoms with Gasteiger partial charge in [-0.15, -0.1) is 23.8 Å². The van der Waals surface area contributed by atoms with E-state index in [1.807, 2.05) is 37.2 Å². The molecule has 18 heavy (non-hydrogen) atoms. The average molecular weight is 414 g/mol. The van der Waals surface area contributed by atoms with Gasteiger partial charge in [0.1, 0.15) is 0 Å². The van der Waals surface area contributed by atoms with Crippen LogP contribution in [0, 0.1) is 17.4 Å². The topological polar surface area (TPSA) is 39.9 Å². The first kappa shape index (κ1) is 14.4. The molecular formula is C14H12IrN3-. The van der Waals surface area contributed by atoms with Gasteiger partial charge in [0.05, 0.1) is 6.07 Å². The minimum absolute atomic E-state index is 0. The van der Waals surface area contributed by atoms with E-state index in [4.69, 9.17) is 5.26 Å². The zero-order chi connectivity index (χ0) is 12.3. The van der Waals surface area contributed by atoms with Crippen molar-refractivity contribution in [2.45, 2.75) is 0 Å². The van der Waals surface area contributed by atoms with Gasteiger partial charge in [-0.2, -0.15) is 5.26 Å². The molecular weight excluding hydrogens is 402 g/mol. The smallest absolute Gasteiger partial charge is 0.0809 e. The molecule has 3 nitrogen and oxygen atoms in total. The number of nitriles is 1. The van der Waals surface area contributed by atoms with Crippen molar-refractivity contribution in [2.75, 3.05) is 19.0 Å². The van der Waals surface area contributed by atoms with E-state index in [2.05, 4.69) is 17.1 Å². The second kappa shape index (κ2) is 6.30. The van der Waals surface area contributed by atoms with Gasteiger partial charge in [0.25, 0.3) is 0 Å². The second-order valence-corrected chi connectivity index (χ2v) is 3.84. The molecule has 0 aliphatic rings. The van der Waals surface area contributed by atoms with Gasteiger partial charge in [-0.05, 0) is 37.1 Å². The molecule has 2 rings (SSSR count). The third-order valence-electron chi connectivity index (χ3n) is 2.46. The molecule has 0 spiro atoms. The van der Waals surface area contributed by atoms with E-state index in [-0.39, 0.29) is 20.1 Å². The van der Waals surface area contributed by atoms with E-state index >= 15 is 0 Å². The van der Waals surface area contributed by atoms with Crippen molar-refractivity contribution < 1.29 is 20.1 Å². The summed E-state index contributed by atoms with van der Waals surface area (Å²) in [5.74, 6) is 0. The number of hydrogen-bond donors (Lipinski definition) is 0. The molecule has 93 valence electrons. The fourth-order valence-electron chi connectivity index (χ4n) is 1.75. The molecule has 0 aliphatic heterocycles. The van der Waals surface area contributed by atoms with Crippen molar-refractivity contribution in [3.63, 3.8) is 0 Å². The Morgan fingerprint density at radius 2 is 2.06 bits per heavy atom. The van der Waals surface area contributed by atoms with E-state index in [1.54, 1.807) is 18.3 Å². The van der Waals surface area contributed by atoms with Crippen LogP contribution in [0.4, 0.5) is 5.69 Å². The fraction of sp³-hybridized carbons (Fsp3) is 0.143. The molecule has 0 amide bonds. The van der Waals surface area contributed by atoms with Crippen molar-refractivity contribution in [3.05, 3.63) is 48.2 Å². The molecule has 0 N–H and O–H groups in total. The van der Waals surface area contributed by atoms with Gasteiger partial charge in [-0.25, -0.2) is 0 Å². The first-order chi connectivity index (χ1) is 8.24. The van der Waals surface area contributed by atoms with Crippen LogP contribution in [0.15, 0.2) is 36.5 Å². The number of benzene rings is 1. The van der Waals surface area contributed by atoms with Crippen LogP contribution in [-0.2, 0) is 20.1 Å². The van der Waals surface area contributed by atoms with Gasteiger partial charge < -0.3 is 9.88 Å². The molecule has 1 aromatic heterocycles. The first-order valence-electron chi connectivity index (χ1n) is 5.27. The van der Waals surface area contributed by atoms with Gasteiger partial charge in [-0.1, -0.05) is 12.1 Å². The first-order valence-corrected chi connectivity index (χ1v) is 5.27. The van der Waals surface area contributed by atoms with Crippen LogP contribution in [0.5, 0.6) is 0 Å². The van der Waals surface area contributed by atoms with Crippen LogP contribution in [0.25, 0.3) is 11.3 Å². The molecule has 0 fully saturated rings. The minimum atomic E-state index is 0. The Balaban J connectivity index is 0.00000162. The summed E-state index contributed by atoms with van der Waals surface area (Å²) in [4.78, 5) is 6.22. The second-order valence-electron chi connectivity index (χ2n) is 3.84. The van der Waals surface area contributed by atoms with E-state index in [1.165, 1.54) is 0 Å². The zero-order valence-electron chi connectivity index (χ0n) is 10.1. The van der Waals surface area contributed by atoms with Crippen molar-refractivity contribution in [3.8, 4) is 17.3 Å². The van der Waals surface area contributed by atoms with Crippen LogP contribution >= 0.6 is 0 Å². The molecule has 0 saturated heterocycles. The van der Waals surface area contributed by atoms with Gasteiger partial charge >= 0.3 is 0 Å². The molecule has 0 atom stereocenters. The molecule has 0 saturated carbocycles. The number of rotatable bonds is 2. The predicted octanol–water partition coefficient (Wildman–Crippen LogP) is 2.48. The molecule has 0 bridgehead atoms. The maximum atomic E-state index is 9.13. The Morgan fingerprint density at radius 1 is 1.28 bits per heavy atom. The van der Waals surface area contributed by atoms with Crippen molar-refractivity contribution in [1.29, 1.82) is 5.26 Å². The number of aromatic nitrogens is 1. The summed E-state index contributed by atoms with van der Waals surface area (Å²) in [6, 6.07) is 14.6. The molecule has 2 aromatic rings. The summed E-state index contributed by atoms with van der Waals surface area (Å²) >= 11 is 0. The summed E-state index contributed by atoms with van der Waals surface area (Å²) in [7, 11) is 3.83. The van der Waals surface area contributed by atoms with Crippen molar-refractivity contribution in [1.82, 2.24) is 4.98 Å². The standard InChI is InChI=1S/C14H12N3.Ir/c1-17(2)14-11(10-15)6-5-7-12(14)13-8-3-4-9-16-13;/h3-6,8-9H,1-2H3;/q-1;. The normalized spacial score (nSPS) is 9.17. The third kappa shape index (κ3) is 2.76. The van der Waals surface area contributed by atoms with Crippen LogP contribution < -0.4 is 4.90 Å². The number of hydrogen-bond acceptors (Lipinski definition) is 3.